The van der Waals surface area contributed by atoms with E-state index in [1.54, 1.807) is 5.32 Å². The smallest absolute Gasteiger partial charge is 0.322 e. The van der Waals surface area contributed by atoms with Gasteiger partial charge in [0.25, 0.3) is 5.91 Å². The van der Waals surface area contributed by atoms with Crippen LogP contribution in [0.1, 0.15) is 11.1 Å². The summed E-state index contributed by atoms with van der Waals surface area (Å²) < 4.78 is 39.4. The molecule has 0 atom stereocenters. The molecule has 2 aliphatic rings. The fourth-order valence-corrected chi connectivity index (χ4v) is 2.40. The molecule has 2 aliphatic heterocycles. The normalized spacial score (nSPS) is 19.5. The van der Waals surface area contributed by atoms with Gasteiger partial charge in [0.2, 0.25) is 5.66 Å². The Morgan fingerprint density at radius 1 is 0.952 bits per heavy atom. The van der Waals surface area contributed by atoms with Crippen LogP contribution in [0.15, 0.2) is 18.2 Å². The molecule has 1 saturated heterocycles. The fraction of sp³-hybridized carbons (Fsp3) is 0.182. The molecule has 3 rings (SSSR count). The second kappa shape index (κ2) is 3.87. The van der Waals surface area contributed by atoms with E-state index in [1.165, 1.54) is 6.07 Å². The molecule has 7 nitrogen and oxygen atoms in total. The first-order valence-electron chi connectivity index (χ1n) is 5.67. The van der Waals surface area contributed by atoms with E-state index in [0.29, 0.717) is 0 Å². The number of fused-ring (bicyclic) bond motifs is 2. The number of anilines is 1. The monoisotopic (exact) mass is 300 g/mol. The van der Waals surface area contributed by atoms with Gasteiger partial charge in [0.1, 0.15) is 0 Å². The van der Waals surface area contributed by atoms with Gasteiger partial charge in [-0.15, -0.1) is 0 Å². The standard InChI is InChI=1S/C11H7F3N4O3/c12-11(13,14)4-2-1-3-5-6(4)10(7(19)15-5)17-8(20)16-9(21)18-10/h1-3H,(H,15,19)(H3,16,17,18,20,21). The van der Waals surface area contributed by atoms with Gasteiger partial charge in [0.15, 0.2) is 0 Å². The molecule has 10 heteroatoms. The lowest BCUT2D eigenvalue weighted by Crippen LogP contribution is -2.71. The zero-order chi connectivity index (χ0) is 15.4. The molecule has 0 unspecified atom stereocenters. The third kappa shape index (κ3) is 1.79. The number of imide groups is 1. The Morgan fingerprint density at radius 2 is 1.57 bits per heavy atom. The summed E-state index contributed by atoms with van der Waals surface area (Å²) in [6.45, 7) is 0. The number of carbonyl (C=O) groups is 3. The quantitative estimate of drug-likeness (QED) is 0.571. The van der Waals surface area contributed by atoms with Gasteiger partial charge in [-0.05, 0) is 12.1 Å². The topological polar surface area (TPSA) is 99.3 Å². The molecular weight excluding hydrogens is 293 g/mol. The molecule has 1 spiro atoms. The van der Waals surface area contributed by atoms with E-state index in [4.69, 9.17) is 0 Å². The van der Waals surface area contributed by atoms with Crippen LogP contribution in [0.4, 0.5) is 28.4 Å². The largest absolute Gasteiger partial charge is 0.416 e. The van der Waals surface area contributed by atoms with Crippen LogP contribution in [0.25, 0.3) is 0 Å². The predicted molar refractivity (Wildman–Crippen MR) is 62.0 cm³/mol. The van der Waals surface area contributed by atoms with Crippen LogP contribution in [0.2, 0.25) is 0 Å². The molecule has 1 fully saturated rings. The number of hydrogen-bond acceptors (Lipinski definition) is 3. The first-order chi connectivity index (χ1) is 9.74. The Balaban J connectivity index is 2.26. The second-order valence-corrected chi connectivity index (χ2v) is 4.46. The fourth-order valence-electron chi connectivity index (χ4n) is 2.40. The summed E-state index contributed by atoms with van der Waals surface area (Å²) in [5.41, 5.74) is -4.06. The highest BCUT2D eigenvalue weighted by Crippen LogP contribution is 2.43. The summed E-state index contributed by atoms with van der Waals surface area (Å²) in [5, 5.41) is 8.09. The van der Waals surface area contributed by atoms with Gasteiger partial charge < -0.3 is 16.0 Å². The highest BCUT2D eigenvalue weighted by atomic mass is 19.4. The molecule has 0 bridgehead atoms. The molecule has 0 radical (unpaired) electrons. The van der Waals surface area contributed by atoms with E-state index >= 15 is 0 Å². The number of amides is 5. The third-order valence-corrected chi connectivity index (χ3v) is 3.16. The lowest BCUT2D eigenvalue weighted by atomic mass is 9.94. The number of urea groups is 2. The minimum Gasteiger partial charge on any atom is -0.322 e. The highest BCUT2D eigenvalue weighted by Gasteiger charge is 2.56. The van der Waals surface area contributed by atoms with Crippen molar-refractivity contribution in [2.75, 3.05) is 5.32 Å². The number of halogens is 3. The lowest BCUT2D eigenvalue weighted by molar-refractivity contribution is -0.139. The summed E-state index contributed by atoms with van der Waals surface area (Å²) >= 11 is 0. The Morgan fingerprint density at radius 3 is 2.14 bits per heavy atom. The van der Waals surface area contributed by atoms with Gasteiger partial charge in [-0.1, -0.05) is 6.07 Å². The zero-order valence-corrected chi connectivity index (χ0v) is 10.1. The van der Waals surface area contributed by atoms with E-state index in [-0.39, 0.29) is 5.69 Å². The number of alkyl halides is 3. The molecule has 5 amide bonds. The Kier molecular flexibility index (Phi) is 2.43. The highest BCUT2D eigenvalue weighted by molar-refractivity contribution is 6.12. The average Bonchev–Trinajstić information content (AvgIpc) is 2.60. The summed E-state index contributed by atoms with van der Waals surface area (Å²) in [5.74, 6) is -0.975. The Hall–Kier alpha value is -2.78. The van der Waals surface area contributed by atoms with Crippen molar-refractivity contribution >= 4 is 23.7 Å². The summed E-state index contributed by atoms with van der Waals surface area (Å²) in [4.78, 5) is 34.9. The van der Waals surface area contributed by atoms with Crippen LogP contribution in [-0.2, 0) is 16.6 Å². The van der Waals surface area contributed by atoms with Crippen LogP contribution in [0.3, 0.4) is 0 Å². The first kappa shape index (κ1) is 13.2. The minimum atomic E-state index is -4.76. The van der Waals surface area contributed by atoms with Crippen LogP contribution in [0, 0.1) is 0 Å². The average molecular weight is 300 g/mol. The molecule has 0 aromatic heterocycles. The maximum atomic E-state index is 13.1. The van der Waals surface area contributed by atoms with Crippen LogP contribution < -0.4 is 21.3 Å². The van der Waals surface area contributed by atoms with Crippen molar-refractivity contribution in [1.29, 1.82) is 0 Å². The van der Waals surface area contributed by atoms with Crippen LogP contribution in [0.5, 0.6) is 0 Å². The summed E-state index contributed by atoms with van der Waals surface area (Å²) in [6, 6.07) is 0.988. The lowest BCUT2D eigenvalue weighted by Gasteiger charge is -2.34. The molecule has 0 aliphatic carbocycles. The van der Waals surface area contributed by atoms with Gasteiger partial charge in [0.05, 0.1) is 5.56 Å². The maximum Gasteiger partial charge on any atom is 0.416 e. The molecule has 4 N–H and O–H groups in total. The van der Waals surface area contributed by atoms with Gasteiger partial charge >= 0.3 is 18.2 Å². The number of benzene rings is 1. The van der Waals surface area contributed by atoms with Crippen molar-refractivity contribution < 1.29 is 27.6 Å². The molecule has 0 saturated carbocycles. The van der Waals surface area contributed by atoms with Gasteiger partial charge in [-0.25, -0.2) is 9.59 Å². The zero-order valence-electron chi connectivity index (χ0n) is 10.1. The molecule has 1 aromatic carbocycles. The number of rotatable bonds is 0. The third-order valence-electron chi connectivity index (χ3n) is 3.16. The van der Waals surface area contributed by atoms with Gasteiger partial charge in [-0.2, -0.15) is 13.2 Å². The van der Waals surface area contributed by atoms with Crippen molar-refractivity contribution in [3.8, 4) is 0 Å². The number of hydrogen-bond donors (Lipinski definition) is 4. The SMILES string of the molecule is O=C1NC(=O)NC2(N1)C(=O)Nc1cccc(C(F)(F)F)c12. The van der Waals surface area contributed by atoms with Crippen molar-refractivity contribution in [3.63, 3.8) is 0 Å². The molecule has 1 aromatic rings. The van der Waals surface area contributed by atoms with Crippen molar-refractivity contribution in [2.45, 2.75) is 11.8 Å². The Labute approximate surface area is 114 Å². The Bertz CT molecular complexity index is 670. The van der Waals surface area contributed by atoms with Crippen molar-refractivity contribution in [3.05, 3.63) is 29.3 Å². The van der Waals surface area contributed by atoms with Crippen LogP contribution in [-0.4, -0.2) is 18.0 Å². The number of carbonyl (C=O) groups excluding carboxylic acids is 3. The first-order valence-corrected chi connectivity index (χ1v) is 5.67. The van der Waals surface area contributed by atoms with Gasteiger partial charge in [-0.3, -0.25) is 10.1 Å². The predicted octanol–water partition coefficient (Wildman–Crippen LogP) is 0.833. The van der Waals surface area contributed by atoms with E-state index in [1.807, 2.05) is 10.6 Å². The molecule has 2 heterocycles. The van der Waals surface area contributed by atoms with Gasteiger partial charge in [0, 0.05) is 11.3 Å². The van der Waals surface area contributed by atoms with Crippen molar-refractivity contribution in [2.24, 2.45) is 0 Å². The molecule has 21 heavy (non-hydrogen) atoms. The minimum absolute atomic E-state index is 0.127. The summed E-state index contributed by atoms with van der Waals surface area (Å²) in [6.07, 6.45) is -4.76. The maximum absolute atomic E-state index is 13.1. The molecular formula is C11H7F3N4O3. The van der Waals surface area contributed by atoms with E-state index < -0.39 is 40.9 Å². The van der Waals surface area contributed by atoms with E-state index in [9.17, 15) is 27.6 Å². The second-order valence-electron chi connectivity index (χ2n) is 4.46. The summed E-state index contributed by atoms with van der Waals surface area (Å²) in [7, 11) is 0. The van der Waals surface area contributed by atoms with Crippen LogP contribution >= 0.6 is 0 Å². The van der Waals surface area contributed by atoms with Crippen molar-refractivity contribution in [1.82, 2.24) is 16.0 Å². The van der Waals surface area contributed by atoms with E-state index in [2.05, 4.69) is 5.32 Å². The van der Waals surface area contributed by atoms with E-state index in [0.717, 1.165) is 12.1 Å². The number of nitrogens with one attached hydrogen (secondary N) is 4. The molecule has 110 valence electrons.